The van der Waals surface area contributed by atoms with Gasteiger partial charge in [0.2, 0.25) is 0 Å². The minimum Gasteiger partial charge on any atom is -0.294 e. The predicted molar refractivity (Wildman–Crippen MR) is 73.7 cm³/mol. The second-order valence-corrected chi connectivity index (χ2v) is 5.26. The van der Waals surface area contributed by atoms with E-state index in [4.69, 9.17) is 0 Å². The molecule has 2 aliphatic rings. The van der Waals surface area contributed by atoms with Crippen molar-refractivity contribution in [2.75, 3.05) is 7.05 Å². The number of ketones is 2. The third-order valence-corrected chi connectivity index (χ3v) is 4.15. The number of carbonyl (C=O) groups is 4. The van der Waals surface area contributed by atoms with Crippen LogP contribution in [-0.2, 0) is 0 Å². The molecule has 0 spiro atoms. The standard InChI is InChI=1S/C16H9NO4/c1-17-15(20)9-4-2-7-11(18)6-12(19)8-3-5-10(16(17)21)14(9)13(7)8/h2-5H,6H2,1H3. The van der Waals surface area contributed by atoms with Crippen molar-refractivity contribution in [3.05, 3.63) is 46.5 Å². The summed E-state index contributed by atoms with van der Waals surface area (Å²) in [4.78, 5) is 49.6. The Morgan fingerprint density at radius 3 is 1.57 bits per heavy atom. The van der Waals surface area contributed by atoms with Gasteiger partial charge in [-0.15, -0.1) is 0 Å². The lowest BCUT2D eigenvalue weighted by atomic mass is 9.82. The molecule has 0 fully saturated rings. The Kier molecular flexibility index (Phi) is 2.07. The number of hydrogen-bond donors (Lipinski definition) is 0. The molecule has 0 saturated carbocycles. The van der Waals surface area contributed by atoms with Crippen LogP contribution in [0.3, 0.4) is 0 Å². The highest BCUT2D eigenvalue weighted by Crippen LogP contribution is 2.37. The molecule has 1 heterocycles. The second-order valence-electron chi connectivity index (χ2n) is 5.26. The maximum Gasteiger partial charge on any atom is 0.261 e. The summed E-state index contributed by atoms with van der Waals surface area (Å²) in [5, 5.41) is 0.876. The van der Waals surface area contributed by atoms with Crippen molar-refractivity contribution in [2.45, 2.75) is 6.42 Å². The summed E-state index contributed by atoms with van der Waals surface area (Å²) >= 11 is 0. The van der Waals surface area contributed by atoms with Crippen LogP contribution in [0.4, 0.5) is 0 Å². The first kappa shape index (κ1) is 12.0. The molecular weight excluding hydrogens is 270 g/mol. The summed E-state index contributed by atoms with van der Waals surface area (Å²) in [5.74, 6) is -1.37. The summed E-state index contributed by atoms with van der Waals surface area (Å²) in [6, 6.07) is 6.26. The van der Waals surface area contributed by atoms with Crippen molar-refractivity contribution >= 4 is 34.2 Å². The number of imide groups is 1. The molecule has 5 heteroatoms. The van der Waals surface area contributed by atoms with Crippen molar-refractivity contribution in [2.24, 2.45) is 0 Å². The van der Waals surface area contributed by atoms with Gasteiger partial charge in [0.25, 0.3) is 11.8 Å². The third-order valence-electron chi connectivity index (χ3n) is 4.15. The average Bonchev–Trinajstić information content (AvgIpc) is 2.48. The molecule has 0 saturated heterocycles. The highest BCUT2D eigenvalue weighted by molar-refractivity contribution is 6.34. The van der Waals surface area contributed by atoms with Crippen LogP contribution in [-0.4, -0.2) is 35.3 Å². The Hall–Kier alpha value is -2.82. The molecule has 0 bridgehead atoms. The van der Waals surface area contributed by atoms with E-state index in [2.05, 4.69) is 0 Å². The molecule has 2 amide bonds. The number of nitrogens with zero attached hydrogens (tertiary/aromatic N) is 1. The smallest absolute Gasteiger partial charge is 0.261 e. The molecule has 0 atom stereocenters. The van der Waals surface area contributed by atoms with Crippen molar-refractivity contribution in [3.8, 4) is 0 Å². The van der Waals surface area contributed by atoms with Gasteiger partial charge in [-0.2, -0.15) is 0 Å². The van der Waals surface area contributed by atoms with Crippen LogP contribution < -0.4 is 0 Å². The van der Waals surface area contributed by atoms with Crippen molar-refractivity contribution in [1.29, 1.82) is 0 Å². The second kappa shape index (κ2) is 3.63. The van der Waals surface area contributed by atoms with E-state index in [0.717, 1.165) is 4.90 Å². The first-order valence-electron chi connectivity index (χ1n) is 6.49. The van der Waals surface area contributed by atoms with Crippen molar-refractivity contribution < 1.29 is 19.2 Å². The number of carbonyl (C=O) groups excluding carboxylic acids is 4. The zero-order valence-electron chi connectivity index (χ0n) is 11.1. The molecule has 2 aromatic rings. The van der Waals surface area contributed by atoms with E-state index in [-0.39, 0.29) is 18.0 Å². The maximum absolute atomic E-state index is 12.2. The highest BCUT2D eigenvalue weighted by Gasteiger charge is 2.35. The van der Waals surface area contributed by atoms with E-state index in [1.54, 1.807) is 24.3 Å². The minimum absolute atomic E-state index is 0.164. The average molecular weight is 279 g/mol. The lowest BCUT2D eigenvalue weighted by molar-refractivity contribution is 0.0649. The number of rotatable bonds is 0. The van der Waals surface area contributed by atoms with E-state index in [9.17, 15) is 19.2 Å². The van der Waals surface area contributed by atoms with Crippen LogP contribution in [0, 0.1) is 0 Å². The summed E-state index contributed by atoms with van der Waals surface area (Å²) in [6.45, 7) is 0. The molecule has 4 rings (SSSR count). The topological polar surface area (TPSA) is 71.5 Å². The van der Waals surface area contributed by atoms with Crippen LogP contribution >= 0.6 is 0 Å². The van der Waals surface area contributed by atoms with E-state index < -0.39 is 11.8 Å². The zero-order valence-corrected chi connectivity index (χ0v) is 11.1. The Balaban J connectivity index is 2.26. The molecule has 0 radical (unpaired) electrons. The summed E-state index contributed by atoms with van der Waals surface area (Å²) < 4.78 is 0. The highest BCUT2D eigenvalue weighted by atomic mass is 16.2. The van der Waals surface area contributed by atoms with Gasteiger partial charge < -0.3 is 0 Å². The number of hydrogen-bond acceptors (Lipinski definition) is 4. The van der Waals surface area contributed by atoms with Gasteiger partial charge in [-0.3, -0.25) is 24.1 Å². The normalized spacial score (nSPS) is 16.9. The third kappa shape index (κ3) is 1.30. The van der Waals surface area contributed by atoms with Gasteiger partial charge >= 0.3 is 0 Å². The van der Waals surface area contributed by atoms with E-state index in [1.807, 2.05) is 0 Å². The van der Waals surface area contributed by atoms with Crippen LogP contribution in [0.2, 0.25) is 0 Å². The predicted octanol–water partition coefficient (Wildman–Crippen LogP) is 1.83. The molecular formula is C16H9NO4. The zero-order chi connectivity index (χ0) is 14.9. The van der Waals surface area contributed by atoms with E-state index in [1.165, 1.54) is 7.05 Å². The van der Waals surface area contributed by atoms with Crippen LogP contribution in [0.15, 0.2) is 24.3 Å². The Morgan fingerprint density at radius 2 is 1.10 bits per heavy atom. The van der Waals surface area contributed by atoms with Gasteiger partial charge in [-0.1, -0.05) is 0 Å². The number of Topliss-reactive ketones (excluding diaryl/α,β-unsaturated/α-hetero) is 2. The monoisotopic (exact) mass is 279 g/mol. The number of benzene rings is 2. The van der Waals surface area contributed by atoms with Crippen LogP contribution in [0.5, 0.6) is 0 Å². The molecule has 5 nitrogen and oxygen atoms in total. The summed E-state index contributed by atoms with van der Waals surface area (Å²) in [7, 11) is 1.42. The van der Waals surface area contributed by atoms with Gasteiger partial charge in [0, 0.05) is 40.1 Å². The molecule has 102 valence electrons. The summed E-state index contributed by atoms with van der Waals surface area (Å²) in [5.41, 5.74) is 1.54. The Labute approximate surface area is 119 Å². The first-order valence-corrected chi connectivity index (χ1v) is 6.49. The molecule has 0 N–H and O–H groups in total. The van der Waals surface area contributed by atoms with Crippen LogP contribution in [0.25, 0.3) is 10.8 Å². The molecule has 2 aromatic carbocycles. The SMILES string of the molecule is CN1C(=O)c2ccc3c4c(ccc(c24)C1=O)C(=O)CC3=O. The summed E-state index contributed by atoms with van der Waals surface area (Å²) in [6.07, 6.45) is -0.164. The largest absolute Gasteiger partial charge is 0.294 e. The molecule has 1 aliphatic carbocycles. The van der Waals surface area contributed by atoms with E-state index >= 15 is 0 Å². The Morgan fingerprint density at radius 1 is 0.714 bits per heavy atom. The van der Waals surface area contributed by atoms with Gasteiger partial charge in [0.05, 0.1) is 6.42 Å². The fourth-order valence-corrected chi connectivity index (χ4v) is 3.11. The van der Waals surface area contributed by atoms with Gasteiger partial charge in [0.1, 0.15) is 0 Å². The lowest BCUT2D eigenvalue weighted by Crippen LogP contribution is -2.37. The molecule has 21 heavy (non-hydrogen) atoms. The van der Waals surface area contributed by atoms with Gasteiger partial charge in [-0.25, -0.2) is 0 Å². The van der Waals surface area contributed by atoms with Crippen LogP contribution in [0.1, 0.15) is 47.9 Å². The number of amides is 2. The van der Waals surface area contributed by atoms with Crippen molar-refractivity contribution in [1.82, 2.24) is 4.90 Å². The first-order chi connectivity index (χ1) is 10.0. The molecule has 0 aromatic heterocycles. The minimum atomic E-state index is -0.415. The molecule has 0 unspecified atom stereocenters. The van der Waals surface area contributed by atoms with Gasteiger partial charge in [-0.05, 0) is 24.3 Å². The fraction of sp³-hybridized carbons (Fsp3) is 0.125. The quantitative estimate of drug-likeness (QED) is 0.545. The van der Waals surface area contributed by atoms with Gasteiger partial charge in [0.15, 0.2) is 11.6 Å². The van der Waals surface area contributed by atoms with Crippen molar-refractivity contribution in [3.63, 3.8) is 0 Å². The molecule has 1 aliphatic heterocycles. The fourth-order valence-electron chi connectivity index (χ4n) is 3.11. The van der Waals surface area contributed by atoms with E-state index in [0.29, 0.717) is 33.0 Å². The lowest BCUT2D eigenvalue weighted by Gasteiger charge is -2.26. The maximum atomic E-state index is 12.2. The Bertz CT molecular complexity index is 841.